The van der Waals surface area contributed by atoms with Crippen LogP contribution in [-0.4, -0.2) is 26.1 Å². The van der Waals surface area contributed by atoms with Crippen LogP contribution in [0.15, 0.2) is 72.8 Å². The van der Waals surface area contributed by atoms with Crippen molar-refractivity contribution in [2.24, 2.45) is 0 Å². The van der Waals surface area contributed by atoms with Crippen LogP contribution in [0.25, 0.3) is 6.08 Å². The molecule has 3 aromatic rings. The average Bonchev–Trinajstić information content (AvgIpc) is 2.83. The van der Waals surface area contributed by atoms with Crippen LogP contribution in [0.5, 0.6) is 23.0 Å². The SMILES string of the molecule is CCOc1ccc(COc2cccc(/C=C/C(=O)c3ccc(OC)cc3)c2)cc1OCC. The summed E-state index contributed by atoms with van der Waals surface area (Å²) in [6, 6.07) is 20.5. The summed E-state index contributed by atoms with van der Waals surface area (Å²) in [4.78, 5) is 12.4. The monoisotopic (exact) mass is 432 g/mol. The van der Waals surface area contributed by atoms with Gasteiger partial charge in [0.05, 0.1) is 20.3 Å². The van der Waals surface area contributed by atoms with Crippen molar-refractivity contribution in [2.75, 3.05) is 20.3 Å². The van der Waals surface area contributed by atoms with E-state index in [2.05, 4.69) is 0 Å². The lowest BCUT2D eigenvalue weighted by molar-refractivity contribution is 0.104. The molecule has 0 aliphatic heterocycles. The fraction of sp³-hybridized carbons (Fsp3) is 0.222. The fourth-order valence-electron chi connectivity index (χ4n) is 3.08. The summed E-state index contributed by atoms with van der Waals surface area (Å²) in [5.74, 6) is 2.81. The van der Waals surface area contributed by atoms with E-state index < -0.39 is 0 Å². The quantitative estimate of drug-likeness (QED) is 0.276. The van der Waals surface area contributed by atoms with Crippen molar-refractivity contribution in [1.29, 1.82) is 0 Å². The first kappa shape index (κ1) is 22.9. The molecule has 5 nitrogen and oxygen atoms in total. The van der Waals surface area contributed by atoms with E-state index in [0.717, 1.165) is 28.4 Å². The summed E-state index contributed by atoms with van der Waals surface area (Å²) >= 11 is 0. The van der Waals surface area contributed by atoms with E-state index in [1.54, 1.807) is 43.5 Å². The Bertz CT molecular complexity index is 1050. The number of benzene rings is 3. The van der Waals surface area contributed by atoms with E-state index in [0.29, 0.717) is 31.1 Å². The van der Waals surface area contributed by atoms with Crippen molar-refractivity contribution in [1.82, 2.24) is 0 Å². The minimum absolute atomic E-state index is 0.0724. The summed E-state index contributed by atoms with van der Waals surface area (Å²) in [7, 11) is 1.60. The molecule has 0 aliphatic carbocycles. The first-order valence-corrected chi connectivity index (χ1v) is 10.6. The molecular weight excluding hydrogens is 404 g/mol. The number of ketones is 1. The van der Waals surface area contributed by atoms with E-state index in [-0.39, 0.29) is 5.78 Å². The summed E-state index contributed by atoms with van der Waals surface area (Å²) in [5.41, 5.74) is 2.47. The number of hydrogen-bond donors (Lipinski definition) is 0. The van der Waals surface area contributed by atoms with E-state index in [1.807, 2.05) is 56.3 Å². The van der Waals surface area contributed by atoms with Crippen molar-refractivity contribution in [3.63, 3.8) is 0 Å². The number of rotatable bonds is 11. The van der Waals surface area contributed by atoms with Gasteiger partial charge in [0.1, 0.15) is 18.1 Å². The molecule has 0 bridgehead atoms. The maximum Gasteiger partial charge on any atom is 0.185 e. The summed E-state index contributed by atoms with van der Waals surface area (Å²) in [6.07, 6.45) is 3.34. The smallest absolute Gasteiger partial charge is 0.185 e. The van der Waals surface area contributed by atoms with Gasteiger partial charge in [-0.1, -0.05) is 24.3 Å². The van der Waals surface area contributed by atoms with Gasteiger partial charge >= 0.3 is 0 Å². The lowest BCUT2D eigenvalue weighted by Gasteiger charge is -2.13. The second-order valence-corrected chi connectivity index (χ2v) is 6.93. The highest BCUT2D eigenvalue weighted by molar-refractivity contribution is 6.06. The molecule has 32 heavy (non-hydrogen) atoms. The van der Waals surface area contributed by atoms with Crippen LogP contribution in [-0.2, 0) is 6.61 Å². The number of ether oxygens (including phenoxy) is 4. The molecule has 0 aliphatic rings. The molecule has 3 aromatic carbocycles. The largest absolute Gasteiger partial charge is 0.497 e. The van der Waals surface area contributed by atoms with Crippen LogP contribution in [0, 0.1) is 0 Å². The Hall–Kier alpha value is -3.73. The Kier molecular flexibility index (Phi) is 8.32. The second-order valence-electron chi connectivity index (χ2n) is 6.93. The molecular formula is C27H28O5. The van der Waals surface area contributed by atoms with Crippen molar-refractivity contribution >= 4 is 11.9 Å². The standard InChI is InChI=1S/C27H28O5/c1-4-30-26-16-10-21(18-27(26)31-5-2)19-32-24-8-6-7-20(17-24)9-15-25(28)22-11-13-23(29-3)14-12-22/h6-18H,4-5,19H2,1-3H3/b15-9+. The maximum atomic E-state index is 12.4. The van der Waals surface area contributed by atoms with Crippen LogP contribution in [0.1, 0.15) is 35.3 Å². The maximum absolute atomic E-state index is 12.4. The van der Waals surface area contributed by atoms with E-state index in [1.165, 1.54) is 0 Å². The molecule has 3 rings (SSSR count). The van der Waals surface area contributed by atoms with E-state index in [9.17, 15) is 4.79 Å². The number of hydrogen-bond acceptors (Lipinski definition) is 5. The molecule has 0 fully saturated rings. The second kappa shape index (κ2) is 11.6. The van der Waals surface area contributed by atoms with Gasteiger partial charge in [-0.25, -0.2) is 0 Å². The normalized spacial score (nSPS) is 10.7. The lowest BCUT2D eigenvalue weighted by Crippen LogP contribution is -2.01. The van der Waals surface area contributed by atoms with Crippen LogP contribution >= 0.6 is 0 Å². The molecule has 5 heteroatoms. The van der Waals surface area contributed by atoms with Gasteiger partial charge in [0, 0.05) is 5.56 Å². The Morgan fingerprint density at radius 3 is 2.28 bits per heavy atom. The summed E-state index contributed by atoms with van der Waals surface area (Å²) < 4.78 is 22.4. The number of carbonyl (C=O) groups excluding carboxylic acids is 1. The highest BCUT2D eigenvalue weighted by Crippen LogP contribution is 2.29. The van der Waals surface area contributed by atoms with E-state index >= 15 is 0 Å². The van der Waals surface area contributed by atoms with Crippen molar-refractivity contribution < 1.29 is 23.7 Å². The summed E-state index contributed by atoms with van der Waals surface area (Å²) in [6.45, 7) is 5.42. The van der Waals surface area contributed by atoms with Crippen molar-refractivity contribution in [2.45, 2.75) is 20.5 Å². The molecule has 0 unspecified atom stereocenters. The minimum Gasteiger partial charge on any atom is -0.497 e. The predicted octanol–water partition coefficient (Wildman–Crippen LogP) is 5.97. The highest BCUT2D eigenvalue weighted by atomic mass is 16.5. The predicted molar refractivity (Wildman–Crippen MR) is 126 cm³/mol. The van der Waals surface area contributed by atoms with Crippen molar-refractivity contribution in [3.8, 4) is 23.0 Å². The molecule has 0 amide bonds. The molecule has 0 radical (unpaired) electrons. The number of methoxy groups -OCH3 is 1. The third-order valence-corrected chi connectivity index (χ3v) is 4.67. The van der Waals surface area contributed by atoms with Crippen LogP contribution in [0.4, 0.5) is 0 Å². The van der Waals surface area contributed by atoms with Gasteiger partial charge in [-0.2, -0.15) is 0 Å². The first-order chi connectivity index (χ1) is 15.6. The van der Waals surface area contributed by atoms with Gasteiger partial charge in [0.2, 0.25) is 0 Å². The molecule has 0 N–H and O–H groups in total. The first-order valence-electron chi connectivity index (χ1n) is 10.6. The third kappa shape index (κ3) is 6.38. The van der Waals surface area contributed by atoms with Gasteiger partial charge in [-0.3, -0.25) is 4.79 Å². The highest BCUT2D eigenvalue weighted by Gasteiger charge is 2.07. The Morgan fingerprint density at radius 2 is 1.56 bits per heavy atom. The Balaban J connectivity index is 1.64. The van der Waals surface area contributed by atoms with Gasteiger partial charge in [0.15, 0.2) is 17.3 Å². The molecule has 0 saturated heterocycles. The van der Waals surface area contributed by atoms with Gasteiger partial charge < -0.3 is 18.9 Å². The average molecular weight is 433 g/mol. The van der Waals surface area contributed by atoms with Crippen LogP contribution < -0.4 is 18.9 Å². The topological polar surface area (TPSA) is 54.0 Å². The zero-order chi connectivity index (χ0) is 22.8. The molecule has 166 valence electrons. The zero-order valence-corrected chi connectivity index (χ0v) is 18.7. The fourth-order valence-corrected chi connectivity index (χ4v) is 3.08. The molecule has 0 spiro atoms. The van der Waals surface area contributed by atoms with Crippen molar-refractivity contribution in [3.05, 3.63) is 89.5 Å². The van der Waals surface area contributed by atoms with E-state index in [4.69, 9.17) is 18.9 Å². The lowest BCUT2D eigenvalue weighted by atomic mass is 10.1. The van der Waals surface area contributed by atoms with Gasteiger partial charge in [-0.15, -0.1) is 0 Å². The Morgan fingerprint density at radius 1 is 0.812 bits per heavy atom. The number of allylic oxidation sites excluding steroid dienone is 1. The third-order valence-electron chi connectivity index (χ3n) is 4.67. The molecule has 0 heterocycles. The molecule has 0 aromatic heterocycles. The number of carbonyl (C=O) groups is 1. The zero-order valence-electron chi connectivity index (χ0n) is 18.7. The van der Waals surface area contributed by atoms with Gasteiger partial charge in [-0.05, 0) is 79.6 Å². The molecule has 0 saturated carbocycles. The van der Waals surface area contributed by atoms with Crippen LogP contribution in [0.2, 0.25) is 0 Å². The molecule has 0 atom stereocenters. The van der Waals surface area contributed by atoms with Gasteiger partial charge in [0.25, 0.3) is 0 Å². The Labute approximate surface area is 189 Å². The minimum atomic E-state index is -0.0724. The summed E-state index contributed by atoms with van der Waals surface area (Å²) in [5, 5.41) is 0. The van der Waals surface area contributed by atoms with Crippen LogP contribution in [0.3, 0.4) is 0 Å².